The van der Waals surface area contributed by atoms with E-state index in [9.17, 15) is 18.0 Å². The number of amides is 2. The lowest BCUT2D eigenvalue weighted by Gasteiger charge is -2.38. The lowest BCUT2D eigenvalue weighted by molar-refractivity contribution is 0.121. The standard InChI is InChI=1S/C17H12Cl2F3N3O/c18-8-5-10(20)11(6-9(8)19)24-17(26)25-12-1-2-13(25)15(21)7-3-4-23-16(22)14(7)12/h3-6,12-13,15H,1-2H2,(H,24,26). The number of anilines is 1. The van der Waals surface area contributed by atoms with Crippen molar-refractivity contribution in [3.8, 4) is 0 Å². The number of hydrogen-bond acceptors (Lipinski definition) is 2. The fraction of sp³-hybridized carbons (Fsp3) is 0.294. The molecule has 0 aliphatic carbocycles. The molecule has 1 saturated heterocycles. The molecular formula is C17H12Cl2F3N3O. The molecule has 0 saturated carbocycles. The van der Waals surface area contributed by atoms with E-state index in [-0.39, 0.29) is 26.9 Å². The topological polar surface area (TPSA) is 45.2 Å². The average molecular weight is 402 g/mol. The summed E-state index contributed by atoms with van der Waals surface area (Å²) in [6.07, 6.45) is 0.446. The normalized spacial score (nSPS) is 23.7. The Morgan fingerprint density at radius 3 is 2.73 bits per heavy atom. The summed E-state index contributed by atoms with van der Waals surface area (Å²) in [5.41, 5.74) is 0.116. The zero-order valence-corrected chi connectivity index (χ0v) is 14.7. The molecule has 26 heavy (non-hydrogen) atoms. The van der Waals surface area contributed by atoms with E-state index >= 15 is 0 Å². The number of rotatable bonds is 1. The number of pyridine rings is 1. The van der Waals surface area contributed by atoms with E-state index in [1.807, 2.05) is 0 Å². The molecule has 1 aromatic heterocycles. The molecule has 3 atom stereocenters. The Hall–Kier alpha value is -1.99. The van der Waals surface area contributed by atoms with E-state index in [0.29, 0.717) is 12.8 Å². The Morgan fingerprint density at radius 2 is 1.96 bits per heavy atom. The molecule has 9 heteroatoms. The van der Waals surface area contributed by atoms with Crippen molar-refractivity contribution in [2.24, 2.45) is 0 Å². The van der Waals surface area contributed by atoms with Gasteiger partial charge in [0.1, 0.15) is 12.0 Å². The predicted molar refractivity (Wildman–Crippen MR) is 91.1 cm³/mol. The maximum absolute atomic E-state index is 14.9. The van der Waals surface area contributed by atoms with Crippen LogP contribution >= 0.6 is 23.2 Å². The predicted octanol–water partition coefficient (Wildman–Crippen LogP) is 5.43. The Kier molecular flexibility index (Phi) is 4.23. The van der Waals surface area contributed by atoms with E-state index in [4.69, 9.17) is 23.2 Å². The molecule has 4 nitrogen and oxygen atoms in total. The lowest BCUT2D eigenvalue weighted by atomic mass is 9.93. The Bertz CT molecular complexity index is 911. The molecule has 3 unspecified atom stereocenters. The van der Waals surface area contributed by atoms with Crippen molar-refractivity contribution in [1.29, 1.82) is 0 Å². The molecule has 2 aliphatic heterocycles. The second kappa shape index (κ2) is 6.32. The first kappa shape index (κ1) is 17.4. The third-order valence-corrected chi connectivity index (χ3v) is 5.58. The highest BCUT2D eigenvalue weighted by Crippen LogP contribution is 2.50. The minimum Gasteiger partial charge on any atom is -0.311 e. The van der Waals surface area contributed by atoms with Crippen molar-refractivity contribution in [2.45, 2.75) is 31.1 Å². The second-order valence-corrected chi connectivity index (χ2v) is 7.06. The van der Waals surface area contributed by atoms with E-state index in [2.05, 4.69) is 10.3 Å². The molecular weight excluding hydrogens is 390 g/mol. The van der Waals surface area contributed by atoms with E-state index in [1.165, 1.54) is 23.2 Å². The highest BCUT2D eigenvalue weighted by molar-refractivity contribution is 6.42. The van der Waals surface area contributed by atoms with Crippen LogP contribution in [-0.4, -0.2) is 22.0 Å². The molecule has 1 aromatic carbocycles. The van der Waals surface area contributed by atoms with Gasteiger partial charge in [0.05, 0.1) is 27.8 Å². The fourth-order valence-corrected chi connectivity index (χ4v) is 4.05. The molecule has 0 spiro atoms. The van der Waals surface area contributed by atoms with Gasteiger partial charge in [-0.05, 0) is 36.6 Å². The van der Waals surface area contributed by atoms with Crippen LogP contribution < -0.4 is 5.32 Å². The van der Waals surface area contributed by atoms with Crippen LogP contribution in [0.1, 0.15) is 36.2 Å². The monoisotopic (exact) mass is 401 g/mol. The van der Waals surface area contributed by atoms with Crippen LogP contribution in [0.15, 0.2) is 24.4 Å². The Morgan fingerprint density at radius 1 is 1.23 bits per heavy atom. The van der Waals surface area contributed by atoms with Crippen LogP contribution in [0.2, 0.25) is 10.0 Å². The van der Waals surface area contributed by atoms with Gasteiger partial charge in [-0.2, -0.15) is 4.39 Å². The molecule has 4 rings (SSSR count). The molecule has 1 N–H and O–H groups in total. The minimum atomic E-state index is -1.54. The number of alkyl halides is 1. The van der Waals surface area contributed by atoms with Crippen molar-refractivity contribution >= 4 is 34.9 Å². The third-order valence-electron chi connectivity index (χ3n) is 4.86. The van der Waals surface area contributed by atoms with Crippen molar-refractivity contribution in [3.63, 3.8) is 0 Å². The summed E-state index contributed by atoms with van der Waals surface area (Å²) in [7, 11) is 0. The lowest BCUT2D eigenvalue weighted by Crippen LogP contribution is -2.45. The number of nitrogens with zero attached hydrogens (tertiary/aromatic N) is 2. The van der Waals surface area contributed by atoms with Crippen molar-refractivity contribution < 1.29 is 18.0 Å². The molecule has 0 radical (unpaired) electrons. The largest absolute Gasteiger partial charge is 0.322 e. The van der Waals surface area contributed by atoms with Gasteiger partial charge >= 0.3 is 6.03 Å². The molecule has 2 aromatic rings. The van der Waals surface area contributed by atoms with Gasteiger partial charge in [-0.1, -0.05) is 23.2 Å². The van der Waals surface area contributed by atoms with Crippen LogP contribution in [0.4, 0.5) is 23.7 Å². The van der Waals surface area contributed by atoms with Gasteiger partial charge in [-0.15, -0.1) is 0 Å². The molecule has 1 fully saturated rings. The number of carbonyl (C=O) groups is 1. The first-order valence-corrected chi connectivity index (χ1v) is 8.66. The molecule has 2 bridgehead atoms. The van der Waals surface area contributed by atoms with Gasteiger partial charge in [-0.3, -0.25) is 0 Å². The number of urea groups is 1. The minimum absolute atomic E-state index is 0.00565. The number of carbonyl (C=O) groups excluding carboxylic acids is 1. The van der Waals surface area contributed by atoms with Gasteiger partial charge in [-0.25, -0.2) is 18.6 Å². The first-order valence-electron chi connectivity index (χ1n) is 7.90. The molecule has 3 heterocycles. The summed E-state index contributed by atoms with van der Waals surface area (Å²) in [6.45, 7) is 0. The summed E-state index contributed by atoms with van der Waals surface area (Å²) in [5, 5.41) is 2.45. The number of aromatic nitrogens is 1. The number of halogens is 5. The van der Waals surface area contributed by atoms with Gasteiger partial charge < -0.3 is 10.2 Å². The van der Waals surface area contributed by atoms with Crippen LogP contribution in [-0.2, 0) is 0 Å². The van der Waals surface area contributed by atoms with Crippen LogP contribution in [0.25, 0.3) is 0 Å². The Balaban J connectivity index is 1.68. The Labute approximate surface area is 156 Å². The van der Waals surface area contributed by atoms with Crippen molar-refractivity contribution in [1.82, 2.24) is 9.88 Å². The SMILES string of the molecule is O=C(Nc1cc(Cl)c(Cl)cc1F)N1C2CCC1C(F)c1ccnc(F)c12. The second-order valence-electron chi connectivity index (χ2n) is 6.25. The highest BCUT2D eigenvalue weighted by Gasteiger charge is 2.49. The first-order chi connectivity index (χ1) is 12.4. The summed E-state index contributed by atoms with van der Waals surface area (Å²) < 4.78 is 43.1. The fourth-order valence-electron chi connectivity index (χ4n) is 3.74. The zero-order valence-electron chi connectivity index (χ0n) is 13.1. The summed E-state index contributed by atoms with van der Waals surface area (Å²) in [4.78, 5) is 17.5. The van der Waals surface area contributed by atoms with Crippen LogP contribution in [0.3, 0.4) is 0 Å². The number of fused-ring (bicyclic) bond motifs is 4. The third kappa shape index (κ3) is 2.61. The van der Waals surface area contributed by atoms with Crippen molar-refractivity contribution in [3.05, 3.63) is 57.3 Å². The van der Waals surface area contributed by atoms with Crippen LogP contribution in [0, 0.1) is 11.8 Å². The van der Waals surface area contributed by atoms with E-state index in [0.717, 1.165) is 6.07 Å². The van der Waals surface area contributed by atoms with Gasteiger partial charge in [0.2, 0.25) is 5.95 Å². The summed E-state index contributed by atoms with van der Waals surface area (Å²) >= 11 is 11.6. The van der Waals surface area contributed by atoms with Crippen molar-refractivity contribution in [2.75, 3.05) is 5.32 Å². The maximum atomic E-state index is 14.9. The molecule has 2 amide bonds. The summed E-state index contributed by atoms with van der Waals surface area (Å²) in [5.74, 6) is -1.57. The quantitative estimate of drug-likeness (QED) is 0.511. The smallest absolute Gasteiger partial charge is 0.311 e. The molecule has 136 valence electrons. The number of benzene rings is 1. The van der Waals surface area contributed by atoms with E-state index < -0.39 is 36.1 Å². The van der Waals surface area contributed by atoms with Crippen LogP contribution in [0.5, 0.6) is 0 Å². The number of nitrogens with one attached hydrogen (secondary N) is 1. The number of hydrogen-bond donors (Lipinski definition) is 1. The highest BCUT2D eigenvalue weighted by atomic mass is 35.5. The van der Waals surface area contributed by atoms with Gasteiger partial charge in [0.15, 0.2) is 0 Å². The van der Waals surface area contributed by atoms with Gasteiger partial charge in [0.25, 0.3) is 0 Å². The average Bonchev–Trinajstić information content (AvgIpc) is 2.97. The summed E-state index contributed by atoms with van der Waals surface area (Å²) in [6, 6.07) is 1.45. The van der Waals surface area contributed by atoms with E-state index in [1.54, 1.807) is 0 Å². The zero-order chi connectivity index (χ0) is 18.6. The maximum Gasteiger partial charge on any atom is 0.322 e. The van der Waals surface area contributed by atoms with Gasteiger partial charge in [0, 0.05) is 11.8 Å². The molecule has 2 aliphatic rings.